The minimum Gasteiger partial charge on any atom is -0.354 e. The summed E-state index contributed by atoms with van der Waals surface area (Å²) >= 11 is 1.73. The summed E-state index contributed by atoms with van der Waals surface area (Å²) in [5.74, 6) is 0.280. The predicted molar refractivity (Wildman–Crippen MR) is 117 cm³/mol. The Kier molecular flexibility index (Phi) is 6.88. The summed E-state index contributed by atoms with van der Waals surface area (Å²) in [5, 5.41) is 5.16. The fourth-order valence-electron chi connectivity index (χ4n) is 5.19. The Morgan fingerprint density at radius 1 is 1.13 bits per heavy atom. The van der Waals surface area contributed by atoms with Gasteiger partial charge in [-0.25, -0.2) is 0 Å². The lowest BCUT2D eigenvalue weighted by Crippen LogP contribution is -2.42. The SMILES string of the molecule is CC1CCN(C(CNC(=O)CCN2C(=O)C3CCCCC3C2=O)c2cccs2)CC1. The molecular weight excluding hydrogens is 398 g/mol. The number of rotatable bonds is 7. The number of nitrogens with one attached hydrogen (secondary N) is 1. The van der Waals surface area contributed by atoms with Crippen LogP contribution in [0.5, 0.6) is 0 Å². The topological polar surface area (TPSA) is 69.7 Å². The molecule has 3 heterocycles. The van der Waals surface area contributed by atoms with E-state index in [2.05, 4.69) is 34.7 Å². The predicted octanol–water partition coefficient (Wildman–Crippen LogP) is 3.20. The number of piperidine rings is 1. The molecule has 0 aromatic carbocycles. The molecule has 3 amide bonds. The standard InChI is InChI=1S/C23H33N3O3S/c1-16-8-11-25(12-9-16)19(20-7-4-14-30-20)15-24-21(27)10-13-26-22(28)17-5-2-3-6-18(17)23(26)29/h4,7,14,16-19H,2-3,5-6,8-13,15H2,1H3,(H,24,27). The molecule has 1 saturated carbocycles. The summed E-state index contributed by atoms with van der Waals surface area (Å²) in [4.78, 5) is 42.8. The molecule has 2 aliphatic heterocycles. The third kappa shape index (κ3) is 4.62. The molecule has 0 radical (unpaired) electrons. The Labute approximate surface area is 183 Å². The highest BCUT2D eigenvalue weighted by Crippen LogP contribution is 2.38. The lowest BCUT2D eigenvalue weighted by molar-refractivity contribution is -0.140. The number of fused-ring (bicyclic) bond motifs is 1. The maximum atomic E-state index is 12.6. The van der Waals surface area contributed by atoms with E-state index in [-0.39, 0.29) is 48.6 Å². The number of imide groups is 1. The van der Waals surface area contributed by atoms with Crippen molar-refractivity contribution in [1.82, 2.24) is 15.1 Å². The van der Waals surface area contributed by atoms with Gasteiger partial charge in [0.25, 0.3) is 0 Å². The minimum absolute atomic E-state index is 0.0589. The number of thiophene rings is 1. The summed E-state index contributed by atoms with van der Waals surface area (Å²) in [6.45, 7) is 5.19. The molecule has 1 N–H and O–H groups in total. The minimum atomic E-state index is -0.140. The number of carbonyl (C=O) groups excluding carboxylic acids is 3. The average Bonchev–Trinajstić information content (AvgIpc) is 3.36. The van der Waals surface area contributed by atoms with Crippen molar-refractivity contribution in [1.29, 1.82) is 0 Å². The number of amides is 3. The first-order valence-corrected chi connectivity index (χ1v) is 12.3. The Bertz CT molecular complexity index is 734. The molecule has 0 bridgehead atoms. The van der Waals surface area contributed by atoms with Crippen LogP contribution < -0.4 is 5.32 Å². The average molecular weight is 432 g/mol. The first-order valence-electron chi connectivity index (χ1n) is 11.4. The van der Waals surface area contributed by atoms with E-state index >= 15 is 0 Å². The van der Waals surface area contributed by atoms with E-state index in [1.807, 2.05) is 0 Å². The fraction of sp³-hybridized carbons (Fsp3) is 0.696. The molecule has 2 saturated heterocycles. The van der Waals surface area contributed by atoms with Gasteiger partial charge in [0.05, 0.1) is 17.9 Å². The molecule has 6 nitrogen and oxygen atoms in total. The van der Waals surface area contributed by atoms with E-state index < -0.39 is 0 Å². The molecule has 164 valence electrons. The second kappa shape index (κ2) is 9.60. The molecule has 1 aromatic rings. The van der Waals surface area contributed by atoms with Crippen molar-refractivity contribution in [3.8, 4) is 0 Å². The normalized spacial score (nSPS) is 26.6. The summed E-state index contributed by atoms with van der Waals surface area (Å²) in [7, 11) is 0. The molecule has 3 atom stereocenters. The molecule has 0 spiro atoms. The van der Waals surface area contributed by atoms with Crippen LogP contribution in [0.2, 0.25) is 0 Å². The van der Waals surface area contributed by atoms with Gasteiger partial charge in [-0.1, -0.05) is 25.8 Å². The van der Waals surface area contributed by atoms with Gasteiger partial charge in [0, 0.05) is 24.4 Å². The summed E-state index contributed by atoms with van der Waals surface area (Å²) < 4.78 is 0. The van der Waals surface area contributed by atoms with Gasteiger partial charge < -0.3 is 5.32 Å². The van der Waals surface area contributed by atoms with Gasteiger partial charge >= 0.3 is 0 Å². The van der Waals surface area contributed by atoms with Crippen molar-refractivity contribution in [2.75, 3.05) is 26.2 Å². The quantitative estimate of drug-likeness (QED) is 0.673. The summed E-state index contributed by atoms with van der Waals surface area (Å²) in [6, 6.07) is 4.40. The van der Waals surface area contributed by atoms with E-state index in [0.29, 0.717) is 6.54 Å². The number of hydrogen-bond acceptors (Lipinski definition) is 5. The molecule has 7 heteroatoms. The largest absolute Gasteiger partial charge is 0.354 e. The van der Waals surface area contributed by atoms with Gasteiger partial charge in [-0.05, 0) is 56.1 Å². The number of likely N-dealkylation sites (tertiary alicyclic amines) is 2. The molecule has 1 aromatic heterocycles. The first kappa shape index (κ1) is 21.5. The lowest BCUT2D eigenvalue weighted by atomic mass is 9.81. The number of carbonyl (C=O) groups is 3. The Morgan fingerprint density at radius 2 is 1.80 bits per heavy atom. The van der Waals surface area contributed by atoms with E-state index in [4.69, 9.17) is 0 Å². The van der Waals surface area contributed by atoms with Gasteiger partial charge in [0.15, 0.2) is 0 Å². The van der Waals surface area contributed by atoms with Gasteiger partial charge in [-0.15, -0.1) is 11.3 Å². The van der Waals surface area contributed by atoms with Crippen molar-refractivity contribution in [2.45, 2.75) is 57.9 Å². The van der Waals surface area contributed by atoms with Gasteiger partial charge in [0.2, 0.25) is 17.7 Å². The highest BCUT2D eigenvalue weighted by molar-refractivity contribution is 7.10. The van der Waals surface area contributed by atoms with Gasteiger partial charge in [-0.3, -0.25) is 24.2 Å². The van der Waals surface area contributed by atoms with Crippen LogP contribution in [-0.4, -0.2) is 53.7 Å². The summed E-state index contributed by atoms with van der Waals surface area (Å²) in [5.41, 5.74) is 0. The molecule has 30 heavy (non-hydrogen) atoms. The molecule has 4 rings (SSSR count). The van der Waals surface area contributed by atoms with Crippen LogP contribution in [0.25, 0.3) is 0 Å². The highest BCUT2D eigenvalue weighted by atomic mass is 32.1. The Hall–Kier alpha value is -1.73. The summed E-state index contributed by atoms with van der Waals surface area (Å²) in [6.07, 6.45) is 6.24. The Morgan fingerprint density at radius 3 is 2.40 bits per heavy atom. The van der Waals surface area contributed by atoms with Crippen molar-refractivity contribution >= 4 is 29.1 Å². The van der Waals surface area contributed by atoms with Crippen LogP contribution >= 0.6 is 11.3 Å². The van der Waals surface area contributed by atoms with Crippen molar-refractivity contribution in [3.05, 3.63) is 22.4 Å². The van der Waals surface area contributed by atoms with Crippen molar-refractivity contribution < 1.29 is 14.4 Å². The zero-order valence-corrected chi connectivity index (χ0v) is 18.7. The van der Waals surface area contributed by atoms with Gasteiger partial charge in [-0.2, -0.15) is 0 Å². The van der Waals surface area contributed by atoms with Crippen LogP contribution in [-0.2, 0) is 14.4 Å². The monoisotopic (exact) mass is 431 g/mol. The van der Waals surface area contributed by atoms with Crippen LogP contribution in [0.15, 0.2) is 17.5 Å². The zero-order chi connectivity index (χ0) is 21.1. The van der Waals surface area contributed by atoms with Crippen LogP contribution in [0, 0.1) is 17.8 Å². The second-order valence-corrected chi connectivity index (χ2v) is 10.1. The van der Waals surface area contributed by atoms with E-state index in [1.165, 1.54) is 22.6 Å². The van der Waals surface area contributed by atoms with E-state index in [0.717, 1.165) is 44.7 Å². The lowest BCUT2D eigenvalue weighted by Gasteiger charge is -2.36. The number of nitrogens with zero attached hydrogens (tertiary/aromatic N) is 2. The third-order valence-electron chi connectivity index (χ3n) is 7.12. The molecule has 1 aliphatic carbocycles. The molecule has 3 unspecified atom stereocenters. The van der Waals surface area contributed by atoms with E-state index in [9.17, 15) is 14.4 Å². The Balaban J connectivity index is 1.30. The van der Waals surface area contributed by atoms with Crippen LogP contribution in [0.4, 0.5) is 0 Å². The van der Waals surface area contributed by atoms with E-state index in [1.54, 1.807) is 11.3 Å². The van der Waals surface area contributed by atoms with Gasteiger partial charge in [0.1, 0.15) is 0 Å². The highest BCUT2D eigenvalue weighted by Gasteiger charge is 2.47. The first-order chi connectivity index (χ1) is 14.5. The maximum absolute atomic E-state index is 12.6. The second-order valence-electron chi connectivity index (χ2n) is 9.13. The van der Waals surface area contributed by atoms with Crippen molar-refractivity contribution in [3.63, 3.8) is 0 Å². The number of hydrogen-bond donors (Lipinski definition) is 1. The smallest absolute Gasteiger partial charge is 0.233 e. The van der Waals surface area contributed by atoms with Crippen LogP contribution in [0.1, 0.15) is 62.8 Å². The molecule has 3 aliphatic rings. The van der Waals surface area contributed by atoms with Crippen LogP contribution in [0.3, 0.4) is 0 Å². The van der Waals surface area contributed by atoms with Crippen molar-refractivity contribution in [2.24, 2.45) is 17.8 Å². The fourth-order valence-corrected chi connectivity index (χ4v) is 6.06. The molecule has 3 fully saturated rings. The molecular formula is C23H33N3O3S. The zero-order valence-electron chi connectivity index (χ0n) is 17.8. The maximum Gasteiger partial charge on any atom is 0.233 e. The third-order valence-corrected chi connectivity index (χ3v) is 8.09.